The number of hydrogen-bond acceptors (Lipinski definition) is 2. The largest absolute Gasteiger partial charge is 0.490 e. The molecule has 1 aliphatic rings. The Kier molecular flexibility index (Phi) is 2.05. The van der Waals surface area contributed by atoms with Gasteiger partial charge in [-0.2, -0.15) is 0 Å². The Hall–Kier alpha value is -1.31. The molecule has 0 N–H and O–H groups in total. The predicted molar refractivity (Wildman–Crippen MR) is 49.6 cm³/mol. The molecule has 0 amide bonds. The van der Waals surface area contributed by atoms with Crippen LogP contribution in [0.2, 0.25) is 0 Å². The smallest absolute Gasteiger partial charge is 0.136 e. The lowest BCUT2D eigenvalue weighted by Crippen LogP contribution is -2.05. The zero-order chi connectivity index (χ0) is 9.26. The van der Waals surface area contributed by atoms with E-state index in [2.05, 4.69) is 0 Å². The van der Waals surface area contributed by atoms with Gasteiger partial charge < -0.3 is 4.74 Å². The van der Waals surface area contributed by atoms with Gasteiger partial charge in [0.05, 0.1) is 5.92 Å². The Morgan fingerprint density at radius 1 is 1.38 bits per heavy atom. The molecule has 1 aliphatic carbocycles. The van der Waals surface area contributed by atoms with E-state index in [4.69, 9.17) is 4.74 Å². The summed E-state index contributed by atoms with van der Waals surface area (Å²) in [7, 11) is 0. The minimum atomic E-state index is 0.125. The van der Waals surface area contributed by atoms with E-state index >= 15 is 0 Å². The molecule has 2 rings (SSSR count). The molecule has 0 bridgehead atoms. The summed E-state index contributed by atoms with van der Waals surface area (Å²) in [4.78, 5) is 10.9. The molecule has 0 aromatic heterocycles. The van der Waals surface area contributed by atoms with E-state index in [1.54, 1.807) is 6.92 Å². The summed E-state index contributed by atoms with van der Waals surface area (Å²) in [6, 6.07) is 9.63. The van der Waals surface area contributed by atoms with Gasteiger partial charge in [0.25, 0.3) is 0 Å². The molecule has 0 heterocycles. The highest BCUT2D eigenvalue weighted by Crippen LogP contribution is 2.35. The van der Waals surface area contributed by atoms with Crippen LogP contribution in [0.1, 0.15) is 13.3 Å². The van der Waals surface area contributed by atoms with Crippen LogP contribution in [-0.4, -0.2) is 11.9 Å². The number of para-hydroxylation sites is 1. The fraction of sp³-hybridized carbons (Fsp3) is 0.364. The van der Waals surface area contributed by atoms with E-state index < -0.39 is 0 Å². The Balaban J connectivity index is 1.92. The number of benzene rings is 1. The molecule has 0 aliphatic heterocycles. The van der Waals surface area contributed by atoms with Gasteiger partial charge in [0, 0.05) is 0 Å². The molecule has 2 atom stereocenters. The number of rotatable bonds is 3. The molecule has 68 valence electrons. The van der Waals surface area contributed by atoms with Crippen LogP contribution in [0.25, 0.3) is 0 Å². The van der Waals surface area contributed by atoms with Gasteiger partial charge in [-0.25, -0.2) is 0 Å². The van der Waals surface area contributed by atoms with Gasteiger partial charge in [-0.15, -0.1) is 0 Å². The minimum Gasteiger partial charge on any atom is -0.490 e. The summed E-state index contributed by atoms with van der Waals surface area (Å²) < 4.78 is 5.58. The molecule has 0 saturated heterocycles. The van der Waals surface area contributed by atoms with Crippen LogP contribution in [0.15, 0.2) is 30.3 Å². The second kappa shape index (κ2) is 3.21. The second-order valence-corrected chi connectivity index (χ2v) is 3.42. The minimum absolute atomic E-state index is 0.125. The molecule has 1 aromatic rings. The van der Waals surface area contributed by atoms with Crippen molar-refractivity contribution in [2.75, 3.05) is 0 Å². The van der Waals surface area contributed by atoms with Gasteiger partial charge in [-0.05, 0) is 25.5 Å². The Bertz CT molecular complexity index is 305. The average Bonchev–Trinajstić information content (AvgIpc) is 2.86. The average molecular weight is 176 g/mol. The molecule has 0 radical (unpaired) electrons. The van der Waals surface area contributed by atoms with Gasteiger partial charge >= 0.3 is 0 Å². The van der Waals surface area contributed by atoms with E-state index in [0.717, 1.165) is 12.2 Å². The zero-order valence-electron chi connectivity index (χ0n) is 7.57. The van der Waals surface area contributed by atoms with Crippen molar-refractivity contribution in [1.82, 2.24) is 0 Å². The van der Waals surface area contributed by atoms with Crippen molar-refractivity contribution in [2.45, 2.75) is 19.4 Å². The van der Waals surface area contributed by atoms with Crippen molar-refractivity contribution in [3.05, 3.63) is 30.3 Å². The normalized spacial score (nSPS) is 25.3. The molecule has 0 unspecified atom stereocenters. The van der Waals surface area contributed by atoms with Gasteiger partial charge in [-0.3, -0.25) is 4.79 Å². The first-order valence-corrected chi connectivity index (χ1v) is 4.49. The van der Waals surface area contributed by atoms with Crippen LogP contribution in [0.4, 0.5) is 0 Å². The molecule has 1 saturated carbocycles. The highest BCUT2D eigenvalue weighted by atomic mass is 16.5. The fourth-order valence-corrected chi connectivity index (χ4v) is 1.40. The number of ketones is 1. The Morgan fingerprint density at radius 3 is 2.62 bits per heavy atom. The zero-order valence-corrected chi connectivity index (χ0v) is 7.57. The SMILES string of the molecule is CC(=O)[C@@H]1C[C@H]1Oc1ccccc1. The number of ether oxygens (including phenoxy) is 1. The first kappa shape index (κ1) is 8.30. The monoisotopic (exact) mass is 176 g/mol. The molecule has 2 heteroatoms. The summed E-state index contributed by atoms with van der Waals surface area (Å²) in [5, 5.41) is 0. The molecular weight excluding hydrogens is 164 g/mol. The van der Waals surface area contributed by atoms with Crippen molar-refractivity contribution in [2.24, 2.45) is 5.92 Å². The van der Waals surface area contributed by atoms with Crippen LogP contribution in [0.5, 0.6) is 5.75 Å². The lowest BCUT2D eigenvalue weighted by atomic mass is 10.3. The van der Waals surface area contributed by atoms with E-state index in [9.17, 15) is 4.79 Å². The van der Waals surface area contributed by atoms with Crippen LogP contribution in [0.3, 0.4) is 0 Å². The van der Waals surface area contributed by atoms with Gasteiger partial charge in [0.2, 0.25) is 0 Å². The first-order chi connectivity index (χ1) is 6.27. The van der Waals surface area contributed by atoms with Gasteiger partial charge in [-0.1, -0.05) is 18.2 Å². The molecule has 1 aromatic carbocycles. The summed E-state index contributed by atoms with van der Waals surface area (Å²) >= 11 is 0. The fourth-order valence-electron chi connectivity index (χ4n) is 1.40. The van der Waals surface area contributed by atoms with Crippen LogP contribution in [-0.2, 0) is 4.79 Å². The topological polar surface area (TPSA) is 26.3 Å². The summed E-state index contributed by atoms with van der Waals surface area (Å²) in [6.45, 7) is 1.62. The first-order valence-electron chi connectivity index (χ1n) is 4.49. The quantitative estimate of drug-likeness (QED) is 0.704. The molecular formula is C11H12O2. The third-order valence-corrected chi connectivity index (χ3v) is 2.28. The van der Waals surface area contributed by atoms with E-state index in [0.29, 0.717) is 0 Å². The summed E-state index contributed by atoms with van der Waals surface area (Å²) in [6.07, 6.45) is 1.00. The van der Waals surface area contributed by atoms with E-state index in [1.165, 1.54) is 0 Å². The highest BCUT2D eigenvalue weighted by Gasteiger charge is 2.43. The molecule has 13 heavy (non-hydrogen) atoms. The van der Waals surface area contributed by atoms with Gasteiger partial charge in [0.15, 0.2) is 0 Å². The van der Waals surface area contributed by atoms with Crippen molar-refractivity contribution in [1.29, 1.82) is 0 Å². The van der Waals surface area contributed by atoms with Crippen molar-refractivity contribution < 1.29 is 9.53 Å². The van der Waals surface area contributed by atoms with Gasteiger partial charge in [0.1, 0.15) is 17.6 Å². The number of carbonyl (C=O) groups is 1. The maximum Gasteiger partial charge on any atom is 0.136 e. The van der Waals surface area contributed by atoms with Crippen molar-refractivity contribution in [3.8, 4) is 5.75 Å². The number of hydrogen-bond donors (Lipinski definition) is 0. The summed E-state index contributed by atoms with van der Waals surface area (Å²) in [5.41, 5.74) is 0. The van der Waals surface area contributed by atoms with E-state index in [-0.39, 0.29) is 17.8 Å². The Labute approximate surface area is 77.5 Å². The van der Waals surface area contributed by atoms with Crippen molar-refractivity contribution in [3.63, 3.8) is 0 Å². The highest BCUT2D eigenvalue weighted by molar-refractivity contribution is 5.81. The van der Waals surface area contributed by atoms with Crippen LogP contribution in [0, 0.1) is 5.92 Å². The second-order valence-electron chi connectivity index (χ2n) is 3.42. The van der Waals surface area contributed by atoms with Crippen molar-refractivity contribution >= 4 is 5.78 Å². The predicted octanol–water partition coefficient (Wildman–Crippen LogP) is 2.04. The maximum absolute atomic E-state index is 10.9. The lowest BCUT2D eigenvalue weighted by Gasteiger charge is -2.03. The standard InChI is InChI=1S/C11H12O2/c1-8(12)10-7-11(10)13-9-5-3-2-4-6-9/h2-6,10-11H,7H2,1H3/t10-,11+/m0/s1. The summed E-state index contributed by atoms with van der Waals surface area (Å²) in [5.74, 6) is 1.23. The van der Waals surface area contributed by atoms with Crippen LogP contribution >= 0.6 is 0 Å². The Morgan fingerprint density at radius 2 is 2.08 bits per heavy atom. The number of carbonyl (C=O) groups excluding carboxylic acids is 1. The third-order valence-electron chi connectivity index (χ3n) is 2.28. The maximum atomic E-state index is 10.9. The van der Waals surface area contributed by atoms with E-state index in [1.807, 2.05) is 30.3 Å². The molecule has 1 fully saturated rings. The lowest BCUT2D eigenvalue weighted by molar-refractivity contribution is -0.118. The van der Waals surface area contributed by atoms with Crippen LogP contribution < -0.4 is 4.74 Å². The molecule has 2 nitrogen and oxygen atoms in total. The number of Topliss-reactive ketones (excluding diaryl/α,β-unsaturated/α-hetero) is 1. The molecule has 0 spiro atoms. The third kappa shape index (κ3) is 1.89.